The minimum Gasteiger partial charge on any atom is -0.311 e. The Morgan fingerprint density at radius 3 is 2.32 bits per heavy atom. The van der Waals surface area contributed by atoms with Crippen molar-refractivity contribution in [2.24, 2.45) is 0 Å². The molecule has 0 bridgehead atoms. The van der Waals surface area contributed by atoms with Gasteiger partial charge in [0.25, 0.3) is 0 Å². The third kappa shape index (κ3) is 3.21. The van der Waals surface area contributed by atoms with Gasteiger partial charge in [-0.25, -0.2) is 0 Å². The quantitative estimate of drug-likeness (QED) is 0.897. The van der Waals surface area contributed by atoms with Gasteiger partial charge in [0, 0.05) is 10.4 Å². The van der Waals surface area contributed by atoms with Gasteiger partial charge in [-0.2, -0.15) is 0 Å². The highest BCUT2D eigenvalue weighted by molar-refractivity contribution is 7.10. The van der Waals surface area contributed by atoms with Crippen molar-refractivity contribution in [1.29, 1.82) is 0 Å². The summed E-state index contributed by atoms with van der Waals surface area (Å²) in [5.74, 6) is 0. The molecular weight excluding hydrogens is 252 g/mol. The van der Waals surface area contributed by atoms with Gasteiger partial charge >= 0.3 is 0 Å². The number of hydrogen-bond acceptors (Lipinski definition) is 3. The Morgan fingerprint density at radius 1 is 1.21 bits per heavy atom. The lowest BCUT2D eigenvalue weighted by atomic mass is 9.89. The molecule has 1 aliphatic rings. The highest BCUT2D eigenvalue weighted by Gasteiger charge is 2.36. The van der Waals surface area contributed by atoms with Crippen molar-refractivity contribution in [3.63, 3.8) is 0 Å². The Kier molecular flexibility index (Phi) is 5.04. The standard InChI is InChI=1S/C16H28N2S/c1-13-9-12-19-14(13)15(17-4)16(2,3)18-10-7-5-6-8-11-18/h9,12,15,17H,5-8,10-11H2,1-4H3. The van der Waals surface area contributed by atoms with E-state index in [2.05, 4.69) is 49.5 Å². The lowest BCUT2D eigenvalue weighted by molar-refractivity contribution is 0.0875. The molecule has 2 heterocycles. The Hall–Kier alpha value is -0.380. The monoisotopic (exact) mass is 280 g/mol. The van der Waals surface area contributed by atoms with E-state index >= 15 is 0 Å². The van der Waals surface area contributed by atoms with Crippen LogP contribution in [0.15, 0.2) is 11.4 Å². The van der Waals surface area contributed by atoms with Crippen LogP contribution >= 0.6 is 11.3 Å². The molecule has 1 aliphatic heterocycles. The molecule has 0 amide bonds. The number of hydrogen-bond donors (Lipinski definition) is 1. The molecule has 1 fully saturated rings. The zero-order chi connectivity index (χ0) is 13.9. The number of rotatable bonds is 4. The maximum Gasteiger partial charge on any atom is 0.0596 e. The molecule has 0 aliphatic carbocycles. The van der Waals surface area contributed by atoms with E-state index in [4.69, 9.17) is 0 Å². The fourth-order valence-corrected chi connectivity index (χ4v) is 4.53. The second kappa shape index (κ2) is 6.38. The van der Waals surface area contributed by atoms with Gasteiger partial charge in [-0.1, -0.05) is 12.8 Å². The predicted octanol–water partition coefficient (Wildman–Crippen LogP) is 3.97. The molecule has 2 rings (SSSR count). The summed E-state index contributed by atoms with van der Waals surface area (Å²) in [4.78, 5) is 4.19. The molecule has 0 aromatic carbocycles. The van der Waals surface area contributed by atoms with E-state index in [0.29, 0.717) is 6.04 Å². The molecule has 0 radical (unpaired) electrons. The van der Waals surface area contributed by atoms with Crippen LogP contribution in [0.3, 0.4) is 0 Å². The summed E-state index contributed by atoms with van der Waals surface area (Å²) in [6.45, 7) is 9.52. The number of nitrogens with one attached hydrogen (secondary N) is 1. The third-order valence-corrected chi connectivity index (χ3v) is 5.66. The molecular formula is C16H28N2S. The maximum absolute atomic E-state index is 3.57. The van der Waals surface area contributed by atoms with Crippen molar-refractivity contribution in [2.45, 2.75) is 58.0 Å². The number of likely N-dealkylation sites (tertiary alicyclic amines) is 1. The summed E-state index contributed by atoms with van der Waals surface area (Å²) in [5, 5.41) is 5.79. The van der Waals surface area contributed by atoms with Gasteiger partial charge in [0.15, 0.2) is 0 Å². The fraction of sp³-hybridized carbons (Fsp3) is 0.750. The lowest BCUT2D eigenvalue weighted by Crippen LogP contribution is -2.52. The highest BCUT2D eigenvalue weighted by atomic mass is 32.1. The Labute approximate surface area is 122 Å². The first-order valence-corrected chi connectivity index (χ1v) is 8.41. The molecule has 1 atom stereocenters. The normalized spacial score (nSPS) is 20.2. The largest absolute Gasteiger partial charge is 0.311 e. The lowest BCUT2D eigenvalue weighted by Gasteiger charge is -2.44. The predicted molar refractivity (Wildman–Crippen MR) is 85.0 cm³/mol. The first-order chi connectivity index (χ1) is 9.07. The van der Waals surface area contributed by atoms with Crippen molar-refractivity contribution >= 4 is 11.3 Å². The van der Waals surface area contributed by atoms with E-state index < -0.39 is 0 Å². The van der Waals surface area contributed by atoms with Crippen LogP contribution in [0, 0.1) is 6.92 Å². The second-order valence-electron chi connectivity index (χ2n) is 6.24. The fourth-order valence-electron chi connectivity index (χ4n) is 3.31. The molecule has 0 spiro atoms. The highest BCUT2D eigenvalue weighted by Crippen LogP contribution is 2.36. The van der Waals surface area contributed by atoms with Crippen LogP contribution in [0.5, 0.6) is 0 Å². The van der Waals surface area contributed by atoms with Crippen molar-refractivity contribution in [3.05, 3.63) is 21.9 Å². The van der Waals surface area contributed by atoms with E-state index in [9.17, 15) is 0 Å². The first-order valence-electron chi connectivity index (χ1n) is 7.53. The third-order valence-electron chi connectivity index (χ3n) is 4.58. The van der Waals surface area contributed by atoms with Crippen LogP contribution in [0.25, 0.3) is 0 Å². The minimum atomic E-state index is 0.175. The van der Waals surface area contributed by atoms with Crippen LogP contribution in [0.2, 0.25) is 0 Å². The molecule has 1 N–H and O–H groups in total. The van der Waals surface area contributed by atoms with Crippen LogP contribution < -0.4 is 5.32 Å². The molecule has 1 unspecified atom stereocenters. The molecule has 0 saturated carbocycles. The van der Waals surface area contributed by atoms with Crippen LogP contribution in [-0.2, 0) is 0 Å². The van der Waals surface area contributed by atoms with Gasteiger partial charge in [-0.15, -0.1) is 11.3 Å². The number of aryl methyl sites for hydroxylation is 1. The van der Waals surface area contributed by atoms with Crippen molar-refractivity contribution in [1.82, 2.24) is 10.2 Å². The minimum absolute atomic E-state index is 0.175. The van der Waals surface area contributed by atoms with Crippen LogP contribution in [-0.4, -0.2) is 30.6 Å². The summed E-state index contributed by atoms with van der Waals surface area (Å²) < 4.78 is 0. The summed E-state index contributed by atoms with van der Waals surface area (Å²) in [6.07, 6.45) is 5.50. The SMILES string of the molecule is CNC(c1sccc1C)C(C)(C)N1CCCCCC1. The molecule has 1 saturated heterocycles. The van der Waals surface area contributed by atoms with Crippen molar-refractivity contribution < 1.29 is 0 Å². The van der Waals surface area contributed by atoms with E-state index in [0.717, 1.165) is 0 Å². The smallest absolute Gasteiger partial charge is 0.0596 e. The molecule has 1 aromatic heterocycles. The Balaban J connectivity index is 2.22. The average molecular weight is 280 g/mol. The summed E-state index contributed by atoms with van der Waals surface area (Å²) in [7, 11) is 2.10. The van der Waals surface area contributed by atoms with Gasteiger partial charge in [0.1, 0.15) is 0 Å². The zero-order valence-corrected chi connectivity index (χ0v) is 13.6. The molecule has 19 heavy (non-hydrogen) atoms. The Bertz CT molecular complexity index is 389. The van der Waals surface area contributed by atoms with Crippen LogP contribution in [0.1, 0.15) is 56.0 Å². The van der Waals surface area contributed by atoms with Gasteiger partial charge in [-0.05, 0) is 70.8 Å². The Morgan fingerprint density at radius 2 is 1.84 bits per heavy atom. The van der Waals surface area contributed by atoms with Gasteiger partial charge < -0.3 is 5.32 Å². The van der Waals surface area contributed by atoms with Gasteiger partial charge in [0.2, 0.25) is 0 Å². The summed E-state index contributed by atoms with van der Waals surface area (Å²) in [5.41, 5.74) is 1.60. The zero-order valence-electron chi connectivity index (χ0n) is 12.8. The van der Waals surface area contributed by atoms with E-state index in [1.54, 1.807) is 0 Å². The van der Waals surface area contributed by atoms with E-state index in [-0.39, 0.29) is 5.54 Å². The topological polar surface area (TPSA) is 15.3 Å². The van der Waals surface area contributed by atoms with Crippen molar-refractivity contribution in [3.8, 4) is 0 Å². The second-order valence-corrected chi connectivity index (χ2v) is 7.19. The first kappa shape index (κ1) is 15.0. The molecule has 108 valence electrons. The molecule has 1 aromatic rings. The summed E-state index contributed by atoms with van der Waals surface area (Å²) in [6, 6.07) is 2.66. The number of likely N-dealkylation sites (N-methyl/N-ethyl adjacent to an activating group) is 1. The van der Waals surface area contributed by atoms with Crippen molar-refractivity contribution in [2.75, 3.05) is 20.1 Å². The van der Waals surface area contributed by atoms with E-state index in [1.165, 1.54) is 49.2 Å². The summed E-state index contributed by atoms with van der Waals surface area (Å²) >= 11 is 1.89. The van der Waals surface area contributed by atoms with Gasteiger partial charge in [-0.3, -0.25) is 4.90 Å². The number of thiophene rings is 1. The van der Waals surface area contributed by atoms with E-state index in [1.807, 2.05) is 11.3 Å². The average Bonchev–Trinajstić information content (AvgIpc) is 2.66. The molecule has 2 nitrogen and oxygen atoms in total. The van der Waals surface area contributed by atoms with Crippen LogP contribution in [0.4, 0.5) is 0 Å². The number of nitrogens with zero attached hydrogens (tertiary/aromatic N) is 1. The molecule has 3 heteroatoms. The van der Waals surface area contributed by atoms with Gasteiger partial charge in [0.05, 0.1) is 6.04 Å². The maximum atomic E-state index is 3.57.